The summed E-state index contributed by atoms with van der Waals surface area (Å²) in [7, 11) is 0. The fourth-order valence-electron chi connectivity index (χ4n) is 0.763. The number of aliphatic hydroxyl groups is 3. The van der Waals surface area contributed by atoms with Gasteiger partial charge in [-0.05, 0) is 0 Å². The van der Waals surface area contributed by atoms with Gasteiger partial charge in [0.25, 0.3) is 0 Å². The predicted molar refractivity (Wildman–Crippen MR) is 35.3 cm³/mol. The van der Waals surface area contributed by atoms with Gasteiger partial charge in [0.1, 0.15) is 6.10 Å². The molecule has 1 rings (SSSR count). The third kappa shape index (κ3) is 1.58. The van der Waals surface area contributed by atoms with E-state index in [0.717, 1.165) is 0 Å². The summed E-state index contributed by atoms with van der Waals surface area (Å²) in [6, 6.07) is 0. The zero-order valence-corrected chi connectivity index (χ0v) is 5.71. The van der Waals surface area contributed by atoms with E-state index in [0.29, 0.717) is 11.5 Å². The van der Waals surface area contributed by atoms with Gasteiger partial charge in [0.05, 0.1) is 12.2 Å². The molecule has 1 aliphatic rings. The van der Waals surface area contributed by atoms with Crippen molar-refractivity contribution in [2.45, 2.75) is 18.3 Å². The number of aliphatic hydroxyl groups excluding tert-OH is 3. The first-order chi connectivity index (χ1) is 4.22. The Morgan fingerprint density at radius 2 is 1.44 bits per heavy atom. The van der Waals surface area contributed by atoms with Gasteiger partial charge in [0.2, 0.25) is 0 Å². The lowest BCUT2D eigenvalue weighted by molar-refractivity contribution is -0.0442. The zero-order chi connectivity index (χ0) is 6.85. The first kappa shape index (κ1) is 7.34. The first-order valence-electron chi connectivity index (χ1n) is 2.84. The van der Waals surface area contributed by atoms with E-state index in [1.54, 1.807) is 0 Å². The molecule has 2 unspecified atom stereocenters. The summed E-state index contributed by atoms with van der Waals surface area (Å²) in [4.78, 5) is 0. The van der Waals surface area contributed by atoms with E-state index in [-0.39, 0.29) is 0 Å². The summed E-state index contributed by atoms with van der Waals surface area (Å²) in [5.74, 6) is 1.05. The van der Waals surface area contributed by atoms with Crippen LogP contribution in [-0.2, 0) is 0 Å². The third-order valence-corrected chi connectivity index (χ3v) is 2.52. The Balaban J connectivity index is 2.41. The lowest BCUT2D eigenvalue weighted by atomic mass is 10.1. The standard InChI is InChI=1S/C5H10O3S/c6-3-1-9-2-4(7)5(3)8/h3-8H,1-2H2. The Hall–Kier alpha value is 0.230. The van der Waals surface area contributed by atoms with Crippen molar-refractivity contribution >= 4 is 11.8 Å². The monoisotopic (exact) mass is 150 g/mol. The van der Waals surface area contributed by atoms with Crippen molar-refractivity contribution in [3.8, 4) is 0 Å². The average Bonchev–Trinajstić information content (AvgIpc) is 1.83. The minimum absolute atomic E-state index is 0.526. The molecule has 0 radical (unpaired) electrons. The van der Waals surface area contributed by atoms with Crippen molar-refractivity contribution in [3.05, 3.63) is 0 Å². The summed E-state index contributed by atoms with van der Waals surface area (Å²) in [5, 5.41) is 26.8. The summed E-state index contributed by atoms with van der Waals surface area (Å²) < 4.78 is 0. The van der Waals surface area contributed by atoms with Gasteiger partial charge in [-0.3, -0.25) is 0 Å². The number of rotatable bonds is 0. The zero-order valence-electron chi connectivity index (χ0n) is 4.90. The summed E-state index contributed by atoms with van der Waals surface area (Å²) in [6.07, 6.45) is -2.44. The van der Waals surface area contributed by atoms with Crippen LogP contribution in [0.15, 0.2) is 0 Å². The lowest BCUT2D eigenvalue weighted by Crippen LogP contribution is -2.43. The lowest BCUT2D eigenvalue weighted by Gasteiger charge is -2.27. The van der Waals surface area contributed by atoms with Crippen LogP contribution in [0.2, 0.25) is 0 Å². The maximum Gasteiger partial charge on any atom is 0.107 e. The Morgan fingerprint density at radius 3 is 1.78 bits per heavy atom. The number of hydrogen-bond donors (Lipinski definition) is 3. The van der Waals surface area contributed by atoms with Crippen LogP contribution in [-0.4, -0.2) is 45.1 Å². The Bertz CT molecular complexity index is 88.2. The van der Waals surface area contributed by atoms with Gasteiger partial charge in [-0.2, -0.15) is 11.8 Å². The average molecular weight is 150 g/mol. The van der Waals surface area contributed by atoms with E-state index < -0.39 is 18.3 Å². The van der Waals surface area contributed by atoms with Crippen molar-refractivity contribution in [2.75, 3.05) is 11.5 Å². The van der Waals surface area contributed by atoms with Gasteiger partial charge in [0.15, 0.2) is 0 Å². The number of hydrogen-bond acceptors (Lipinski definition) is 4. The van der Waals surface area contributed by atoms with Gasteiger partial charge in [-0.1, -0.05) is 0 Å². The quantitative estimate of drug-likeness (QED) is 0.406. The Kier molecular flexibility index (Phi) is 2.35. The molecule has 1 fully saturated rings. The third-order valence-electron chi connectivity index (χ3n) is 1.37. The molecule has 0 aromatic heterocycles. The molecule has 4 heteroatoms. The van der Waals surface area contributed by atoms with Crippen molar-refractivity contribution in [1.29, 1.82) is 0 Å². The fraction of sp³-hybridized carbons (Fsp3) is 1.00. The van der Waals surface area contributed by atoms with E-state index in [1.165, 1.54) is 11.8 Å². The molecule has 9 heavy (non-hydrogen) atoms. The maximum atomic E-state index is 8.93. The second-order valence-corrected chi connectivity index (χ2v) is 3.24. The van der Waals surface area contributed by atoms with Gasteiger partial charge in [-0.25, -0.2) is 0 Å². The molecule has 3 N–H and O–H groups in total. The molecule has 0 aliphatic carbocycles. The van der Waals surface area contributed by atoms with Crippen molar-refractivity contribution < 1.29 is 15.3 Å². The van der Waals surface area contributed by atoms with Crippen molar-refractivity contribution in [2.24, 2.45) is 0 Å². The molecule has 1 saturated heterocycles. The van der Waals surface area contributed by atoms with Crippen molar-refractivity contribution in [1.82, 2.24) is 0 Å². The normalized spacial score (nSPS) is 45.0. The molecular weight excluding hydrogens is 140 g/mol. The molecule has 0 aromatic rings. The van der Waals surface area contributed by atoms with Crippen LogP contribution >= 0.6 is 11.8 Å². The summed E-state index contributed by atoms with van der Waals surface area (Å²) in [5.41, 5.74) is 0. The topological polar surface area (TPSA) is 60.7 Å². The van der Waals surface area contributed by atoms with E-state index in [4.69, 9.17) is 15.3 Å². The van der Waals surface area contributed by atoms with Crippen LogP contribution in [0, 0.1) is 0 Å². The van der Waals surface area contributed by atoms with Crippen LogP contribution in [0.5, 0.6) is 0 Å². The van der Waals surface area contributed by atoms with Gasteiger partial charge in [0, 0.05) is 11.5 Å². The maximum absolute atomic E-state index is 8.93. The minimum Gasteiger partial charge on any atom is -0.389 e. The van der Waals surface area contributed by atoms with Crippen molar-refractivity contribution in [3.63, 3.8) is 0 Å². The van der Waals surface area contributed by atoms with E-state index in [1.807, 2.05) is 0 Å². The second kappa shape index (κ2) is 2.88. The van der Waals surface area contributed by atoms with Gasteiger partial charge >= 0.3 is 0 Å². The van der Waals surface area contributed by atoms with Crippen LogP contribution in [0.1, 0.15) is 0 Å². The minimum atomic E-state index is -0.939. The molecule has 1 aliphatic heterocycles. The molecule has 54 valence electrons. The van der Waals surface area contributed by atoms with Crippen LogP contribution in [0.25, 0.3) is 0 Å². The van der Waals surface area contributed by atoms with E-state index in [9.17, 15) is 0 Å². The highest BCUT2D eigenvalue weighted by atomic mass is 32.2. The summed E-state index contributed by atoms with van der Waals surface area (Å²) in [6.45, 7) is 0. The smallest absolute Gasteiger partial charge is 0.107 e. The molecular formula is C5H10O3S. The first-order valence-corrected chi connectivity index (χ1v) is 3.99. The molecule has 0 amide bonds. The Morgan fingerprint density at radius 1 is 1.00 bits per heavy atom. The highest BCUT2D eigenvalue weighted by Crippen LogP contribution is 2.17. The fourth-order valence-corrected chi connectivity index (χ4v) is 1.78. The van der Waals surface area contributed by atoms with Gasteiger partial charge in [-0.15, -0.1) is 0 Å². The van der Waals surface area contributed by atoms with Gasteiger partial charge < -0.3 is 15.3 Å². The SMILES string of the molecule is OC1CSCC(O)C1O. The second-order valence-electron chi connectivity index (χ2n) is 2.16. The predicted octanol–water partition coefficient (Wildman–Crippen LogP) is -1.18. The molecule has 2 atom stereocenters. The highest BCUT2D eigenvalue weighted by Gasteiger charge is 2.28. The molecule has 0 aromatic carbocycles. The van der Waals surface area contributed by atoms with E-state index in [2.05, 4.69) is 0 Å². The van der Waals surface area contributed by atoms with Crippen LogP contribution in [0.3, 0.4) is 0 Å². The highest BCUT2D eigenvalue weighted by molar-refractivity contribution is 7.99. The molecule has 0 saturated carbocycles. The molecule has 0 spiro atoms. The Labute approximate surface area is 57.7 Å². The van der Waals surface area contributed by atoms with E-state index >= 15 is 0 Å². The molecule has 1 heterocycles. The van der Waals surface area contributed by atoms with Crippen LogP contribution < -0.4 is 0 Å². The molecule has 3 nitrogen and oxygen atoms in total. The van der Waals surface area contributed by atoms with Crippen LogP contribution in [0.4, 0.5) is 0 Å². The molecule has 0 bridgehead atoms. The number of thioether (sulfide) groups is 1. The largest absolute Gasteiger partial charge is 0.389 e. The summed E-state index contributed by atoms with van der Waals surface area (Å²) >= 11 is 1.45.